The number of benzene rings is 1. The number of rotatable bonds is 5. The second-order valence-corrected chi connectivity index (χ2v) is 7.98. The third-order valence-corrected chi connectivity index (χ3v) is 5.56. The monoisotopic (exact) mass is 468 g/mol. The SMILES string of the molecule is Cc1ccc(C(=O)Nc2cncc(C(F)(F)F)c2)cc1OC1CN(c2cnn3ccncc23)C1. The number of aryl methyl sites for hydroxylation is 1. The van der Waals surface area contributed by atoms with Crippen LogP contribution in [0, 0.1) is 6.92 Å². The number of anilines is 2. The Morgan fingerprint density at radius 2 is 1.94 bits per heavy atom. The Labute approximate surface area is 192 Å². The summed E-state index contributed by atoms with van der Waals surface area (Å²) in [6.07, 6.45) is 4.22. The van der Waals surface area contributed by atoms with E-state index in [1.807, 2.05) is 6.92 Å². The molecule has 4 heterocycles. The summed E-state index contributed by atoms with van der Waals surface area (Å²) in [5.41, 5.74) is 2.00. The lowest BCUT2D eigenvalue weighted by Crippen LogP contribution is -2.54. The van der Waals surface area contributed by atoms with E-state index in [1.165, 1.54) is 0 Å². The number of nitrogens with one attached hydrogen (secondary N) is 1. The van der Waals surface area contributed by atoms with Crippen LogP contribution in [0.2, 0.25) is 0 Å². The van der Waals surface area contributed by atoms with Gasteiger partial charge in [0.05, 0.1) is 48.6 Å². The molecule has 0 atom stereocenters. The van der Waals surface area contributed by atoms with Gasteiger partial charge in [-0.1, -0.05) is 6.07 Å². The molecular weight excluding hydrogens is 449 g/mol. The highest BCUT2D eigenvalue weighted by atomic mass is 19.4. The molecule has 1 amide bonds. The molecule has 0 radical (unpaired) electrons. The number of fused-ring (bicyclic) bond motifs is 1. The molecule has 0 saturated carbocycles. The fraction of sp³-hybridized carbons (Fsp3) is 0.217. The van der Waals surface area contributed by atoms with Crippen molar-refractivity contribution in [3.05, 3.63) is 78.1 Å². The summed E-state index contributed by atoms with van der Waals surface area (Å²) in [4.78, 5) is 22.5. The van der Waals surface area contributed by atoms with E-state index >= 15 is 0 Å². The maximum absolute atomic E-state index is 12.9. The number of carbonyl (C=O) groups is 1. The van der Waals surface area contributed by atoms with Crippen molar-refractivity contribution in [1.82, 2.24) is 19.6 Å². The Balaban J connectivity index is 1.25. The predicted molar refractivity (Wildman–Crippen MR) is 118 cm³/mol. The van der Waals surface area contributed by atoms with Crippen LogP contribution in [-0.2, 0) is 6.18 Å². The van der Waals surface area contributed by atoms with Gasteiger partial charge in [0.2, 0.25) is 0 Å². The van der Waals surface area contributed by atoms with Crippen LogP contribution in [0.5, 0.6) is 5.75 Å². The smallest absolute Gasteiger partial charge is 0.417 e. The van der Waals surface area contributed by atoms with Gasteiger partial charge in [-0.3, -0.25) is 14.8 Å². The van der Waals surface area contributed by atoms with Crippen LogP contribution in [0.1, 0.15) is 21.5 Å². The van der Waals surface area contributed by atoms with Crippen LogP contribution in [0.3, 0.4) is 0 Å². The molecule has 1 aliphatic heterocycles. The summed E-state index contributed by atoms with van der Waals surface area (Å²) in [6, 6.07) is 5.77. The average Bonchev–Trinajstić information content (AvgIpc) is 3.20. The molecule has 1 N–H and O–H groups in total. The summed E-state index contributed by atoms with van der Waals surface area (Å²) in [5.74, 6) is -0.0129. The van der Waals surface area contributed by atoms with Crippen molar-refractivity contribution in [2.24, 2.45) is 0 Å². The molecule has 1 saturated heterocycles. The molecule has 0 spiro atoms. The molecule has 0 aliphatic carbocycles. The Kier molecular flexibility index (Phi) is 5.31. The molecule has 0 unspecified atom stereocenters. The van der Waals surface area contributed by atoms with Crippen molar-refractivity contribution in [2.75, 3.05) is 23.3 Å². The number of ether oxygens (including phenoxy) is 1. The van der Waals surface area contributed by atoms with E-state index in [2.05, 4.69) is 25.3 Å². The molecule has 1 aromatic carbocycles. The van der Waals surface area contributed by atoms with Crippen LogP contribution < -0.4 is 15.0 Å². The fourth-order valence-electron chi connectivity index (χ4n) is 3.69. The predicted octanol–water partition coefficient (Wildman–Crippen LogP) is 3.97. The molecule has 0 bridgehead atoms. The van der Waals surface area contributed by atoms with E-state index in [4.69, 9.17) is 4.74 Å². The Morgan fingerprint density at radius 1 is 1.12 bits per heavy atom. The normalized spacial score (nSPS) is 14.2. The molecule has 11 heteroatoms. The van der Waals surface area contributed by atoms with E-state index in [0.717, 1.165) is 29.0 Å². The average molecular weight is 468 g/mol. The van der Waals surface area contributed by atoms with Gasteiger partial charge in [0.1, 0.15) is 17.4 Å². The maximum Gasteiger partial charge on any atom is 0.417 e. The quantitative estimate of drug-likeness (QED) is 0.477. The topological polar surface area (TPSA) is 84.6 Å². The molecule has 34 heavy (non-hydrogen) atoms. The van der Waals surface area contributed by atoms with Crippen LogP contribution in [0.25, 0.3) is 5.52 Å². The number of carbonyl (C=O) groups excluding carboxylic acids is 1. The first-order valence-corrected chi connectivity index (χ1v) is 10.4. The number of pyridine rings is 1. The minimum atomic E-state index is -4.55. The molecule has 8 nitrogen and oxygen atoms in total. The summed E-state index contributed by atoms with van der Waals surface area (Å²) >= 11 is 0. The first kappa shape index (κ1) is 21.7. The van der Waals surface area contributed by atoms with Crippen LogP contribution >= 0.6 is 0 Å². The highest BCUT2D eigenvalue weighted by molar-refractivity contribution is 6.04. The highest BCUT2D eigenvalue weighted by Gasteiger charge is 2.32. The van der Waals surface area contributed by atoms with Crippen molar-refractivity contribution in [2.45, 2.75) is 19.2 Å². The summed E-state index contributed by atoms with van der Waals surface area (Å²) < 4.78 is 46.6. The molecule has 1 aliphatic rings. The lowest BCUT2D eigenvalue weighted by Gasteiger charge is -2.40. The minimum absolute atomic E-state index is 0.0413. The lowest BCUT2D eigenvalue weighted by atomic mass is 10.1. The summed E-state index contributed by atoms with van der Waals surface area (Å²) in [5, 5.41) is 6.77. The number of hydrogen-bond acceptors (Lipinski definition) is 6. The molecular formula is C23H19F3N6O2. The Morgan fingerprint density at radius 3 is 2.74 bits per heavy atom. The minimum Gasteiger partial charge on any atom is -0.486 e. The van der Waals surface area contributed by atoms with Gasteiger partial charge in [-0.15, -0.1) is 0 Å². The van der Waals surface area contributed by atoms with Crippen molar-refractivity contribution in [1.29, 1.82) is 0 Å². The van der Waals surface area contributed by atoms with Crippen LogP contribution in [0.15, 0.2) is 61.4 Å². The van der Waals surface area contributed by atoms with Crippen molar-refractivity contribution in [3.8, 4) is 5.75 Å². The van der Waals surface area contributed by atoms with Crippen LogP contribution in [0.4, 0.5) is 24.5 Å². The number of halogens is 3. The number of aromatic nitrogens is 4. The van der Waals surface area contributed by atoms with Gasteiger partial charge in [0.15, 0.2) is 0 Å². The third kappa shape index (κ3) is 4.24. The van der Waals surface area contributed by atoms with E-state index in [1.54, 1.807) is 47.5 Å². The van der Waals surface area contributed by atoms with Gasteiger partial charge in [-0.2, -0.15) is 18.3 Å². The molecule has 4 aromatic rings. The fourth-order valence-corrected chi connectivity index (χ4v) is 3.69. The van der Waals surface area contributed by atoms with Gasteiger partial charge >= 0.3 is 6.18 Å². The van der Waals surface area contributed by atoms with Crippen molar-refractivity contribution in [3.63, 3.8) is 0 Å². The largest absolute Gasteiger partial charge is 0.486 e. The van der Waals surface area contributed by atoms with E-state index in [0.29, 0.717) is 25.0 Å². The number of hydrogen-bond donors (Lipinski definition) is 1. The Bertz CT molecular complexity index is 1360. The van der Waals surface area contributed by atoms with Gasteiger partial charge in [0, 0.05) is 24.2 Å². The van der Waals surface area contributed by atoms with E-state index < -0.39 is 17.6 Å². The third-order valence-electron chi connectivity index (χ3n) is 5.56. The zero-order valence-corrected chi connectivity index (χ0v) is 18.0. The molecule has 3 aromatic heterocycles. The maximum atomic E-state index is 12.9. The van der Waals surface area contributed by atoms with Crippen LogP contribution in [-0.4, -0.2) is 44.7 Å². The zero-order valence-electron chi connectivity index (χ0n) is 18.0. The van der Waals surface area contributed by atoms with Crippen molar-refractivity contribution < 1.29 is 22.7 Å². The highest BCUT2D eigenvalue weighted by Crippen LogP contribution is 2.31. The first-order valence-electron chi connectivity index (χ1n) is 10.4. The number of alkyl halides is 3. The van der Waals surface area contributed by atoms with Crippen molar-refractivity contribution >= 4 is 22.8 Å². The second kappa shape index (κ2) is 8.32. The standard InChI is InChI=1S/C23H19F3N6O2/c1-14-2-3-15(22(33)30-17-7-16(8-28-9-17)23(24,25)26)6-21(14)34-18-12-31(13-18)19-11-29-32-5-4-27-10-20(19)32/h2-11,18H,12-13H2,1H3,(H,30,33). The van der Waals surface area contributed by atoms with Gasteiger partial charge in [-0.05, 0) is 30.7 Å². The first-order chi connectivity index (χ1) is 16.3. The van der Waals surface area contributed by atoms with E-state index in [9.17, 15) is 18.0 Å². The summed E-state index contributed by atoms with van der Waals surface area (Å²) in [7, 11) is 0. The zero-order chi connectivity index (χ0) is 23.9. The van der Waals surface area contributed by atoms with Gasteiger partial charge < -0.3 is 15.0 Å². The van der Waals surface area contributed by atoms with Gasteiger partial charge in [0.25, 0.3) is 5.91 Å². The molecule has 174 valence electrons. The molecule has 5 rings (SSSR count). The van der Waals surface area contributed by atoms with E-state index in [-0.39, 0.29) is 17.4 Å². The lowest BCUT2D eigenvalue weighted by molar-refractivity contribution is -0.137. The molecule has 1 fully saturated rings. The number of amides is 1. The Hall–Kier alpha value is -4.15. The van der Waals surface area contributed by atoms with Gasteiger partial charge in [-0.25, -0.2) is 4.52 Å². The summed E-state index contributed by atoms with van der Waals surface area (Å²) in [6.45, 7) is 3.14. The second-order valence-electron chi connectivity index (χ2n) is 7.98. The number of nitrogens with zero attached hydrogens (tertiary/aromatic N) is 5.